The van der Waals surface area contributed by atoms with Crippen LogP contribution in [-0.2, 0) is 4.74 Å². The van der Waals surface area contributed by atoms with E-state index in [9.17, 15) is 4.39 Å². The number of benzene rings is 1. The van der Waals surface area contributed by atoms with Crippen molar-refractivity contribution in [3.8, 4) is 0 Å². The second kappa shape index (κ2) is 11.8. The second-order valence-electron chi connectivity index (χ2n) is 5.81. The summed E-state index contributed by atoms with van der Waals surface area (Å²) in [4.78, 5) is 6.35. The van der Waals surface area contributed by atoms with Gasteiger partial charge in [-0.2, -0.15) is 0 Å². The molecule has 1 rings (SSSR count). The van der Waals surface area contributed by atoms with Gasteiger partial charge >= 0.3 is 0 Å². The molecule has 0 fully saturated rings. The first-order valence-corrected chi connectivity index (χ1v) is 8.52. The summed E-state index contributed by atoms with van der Waals surface area (Å²) >= 11 is 0. The molecular weight excluding hydrogens is 307 g/mol. The third kappa shape index (κ3) is 7.75. The molecule has 6 heteroatoms. The average Bonchev–Trinajstić information content (AvgIpc) is 2.57. The maximum Gasteiger partial charge on any atom is 0.191 e. The Morgan fingerprint density at radius 2 is 1.92 bits per heavy atom. The zero-order valence-corrected chi connectivity index (χ0v) is 15.3. The van der Waals surface area contributed by atoms with Crippen molar-refractivity contribution >= 4 is 5.96 Å². The Labute approximate surface area is 145 Å². The standard InChI is InChI=1S/C18H31FN4O/c1-5-24-13-7-6-12-21-18(20-2)22-14-17(23(3)4)15-8-10-16(19)11-9-15/h8-11,17H,5-7,12-14H2,1-4H3,(H2,20,21,22). The highest BCUT2D eigenvalue weighted by molar-refractivity contribution is 5.79. The molecule has 0 aliphatic rings. The summed E-state index contributed by atoms with van der Waals surface area (Å²) < 4.78 is 18.4. The van der Waals surface area contributed by atoms with Crippen LogP contribution in [0.25, 0.3) is 0 Å². The number of nitrogens with zero attached hydrogens (tertiary/aromatic N) is 2. The van der Waals surface area contributed by atoms with E-state index in [2.05, 4.69) is 20.5 Å². The molecule has 0 heterocycles. The smallest absolute Gasteiger partial charge is 0.191 e. The molecule has 0 radical (unpaired) electrons. The zero-order valence-electron chi connectivity index (χ0n) is 15.3. The molecule has 0 saturated carbocycles. The van der Waals surface area contributed by atoms with Crippen molar-refractivity contribution in [1.29, 1.82) is 0 Å². The Kier molecular flexibility index (Phi) is 10.0. The molecule has 1 aromatic carbocycles. The van der Waals surface area contributed by atoms with Crippen molar-refractivity contribution in [2.24, 2.45) is 4.99 Å². The lowest BCUT2D eigenvalue weighted by molar-refractivity contribution is 0.143. The van der Waals surface area contributed by atoms with Crippen molar-refractivity contribution in [2.75, 3.05) is 47.4 Å². The average molecular weight is 338 g/mol. The van der Waals surface area contributed by atoms with Crippen LogP contribution in [-0.4, -0.2) is 58.3 Å². The zero-order chi connectivity index (χ0) is 17.8. The van der Waals surface area contributed by atoms with E-state index in [1.807, 2.05) is 33.2 Å². The maximum atomic E-state index is 13.1. The Bertz CT molecular complexity index is 476. The third-order valence-electron chi connectivity index (χ3n) is 3.78. The van der Waals surface area contributed by atoms with Gasteiger partial charge in [0, 0.05) is 33.4 Å². The summed E-state index contributed by atoms with van der Waals surface area (Å²) in [5, 5.41) is 6.64. The fourth-order valence-electron chi connectivity index (χ4n) is 2.38. The van der Waals surface area contributed by atoms with E-state index in [0.717, 1.165) is 44.1 Å². The van der Waals surface area contributed by atoms with Gasteiger partial charge in [-0.15, -0.1) is 0 Å². The fourth-order valence-corrected chi connectivity index (χ4v) is 2.38. The van der Waals surface area contributed by atoms with E-state index in [-0.39, 0.29) is 11.9 Å². The number of unbranched alkanes of at least 4 members (excludes halogenated alkanes) is 1. The Morgan fingerprint density at radius 1 is 1.21 bits per heavy atom. The van der Waals surface area contributed by atoms with Crippen LogP contribution in [0.1, 0.15) is 31.4 Å². The number of guanidine groups is 1. The van der Waals surface area contributed by atoms with Gasteiger partial charge in [0.2, 0.25) is 0 Å². The predicted octanol–water partition coefficient (Wildman–Crippen LogP) is 2.41. The highest BCUT2D eigenvalue weighted by Crippen LogP contribution is 2.17. The molecule has 0 saturated heterocycles. The Hall–Kier alpha value is -1.66. The van der Waals surface area contributed by atoms with Gasteiger partial charge in [-0.1, -0.05) is 12.1 Å². The molecule has 0 bridgehead atoms. The van der Waals surface area contributed by atoms with E-state index in [0.29, 0.717) is 6.54 Å². The first kappa shape index (κ1) is 20.4. The van der Waals surface area contributed by atoms with Gasteiger partial charge in [-0.3, -0.25) is 4.99 Å². The molecule has 0 aliphatic heterocycles. The number of nitrogens with one attached hydrogen (secondary N) is 2. The van der Waals surface area contributed by atoms with Gasteiger partial charge < -0.3 is 20.3 Å². The van der Waals surface area contributed by atoms with Gasteiger partial charge in [-0.05, 0) is 51.6 Å². The van der Waals surface area contributed by atoms with Crippen LogP contribution < -0.4 is 10.6 Å². The summed E-state index contributed by atoms with van der Waals surface area (Å²) in [6, 6.07) is 6.79. The monoisotopic (exact) mass is 338 g/mol. The van der Waals surface area contributed by atoms with Crippen LogP contribution in [0.4, 0.5) is 4.39 Å². The van der Waals surface area contributed by atoms with Crippen LogP contribution in [0.2, 0.25) is 0 Å². The van der Waals surface area contributed by atoms with Crippen LogP contribution >= 0.6 is 0 Å². The minimum atomic E-state index is -0.214. The highest BCUT2D eigenvalue weighted by atomic mass is 19.1. The summed E-state index contributed by atoms with van der Waals surface area (Å²) in [6.45, 7) is 5.13. The number of hydrogen-bond donors (Lipinski definition) is 2. The lowest BCUT2D eigenvalue weighted by atomic mass is 10.1. The van der Waals surface area contributed by atoms with Gasteiger partial charge in [0.1, 0.15) is 5.82 Å². The van der Waals surface area contributed by atoms with Gasteiger partial charge in [0.15, 0.2) is 5.96 Å². The lowest BCUT2D eigenvalue weighted by Gasteiger charge is -2.26. The molecule has 136 valence electrons. The first-order chi connectivity index (χ1) is 11.6. The minimum absolute atomic E-state index is 0.141. The molecule has 1 atom stereocenters. The van der Waals surface area contributed by atoms with Crippen molar-refractivity contribution < 1.29 is 9.13 Å². The van der Waals surface area contributed by atoms with Crippen LogP contribution in [0.15, 0.2) is 29.3 Å². The van der Waals surface area contributed by atoms with E-state index in [4.69, 9.17) is 4.74 Å². The molecule has 0 amide bonds. The van der Waals surface area contributed by atoms with Gasteiger partial charge in [0.25, 0.3) is 0 Å². The maximum absolute atomic E-state index is 13.1. The number of ether oxygens (including phenoxy) is 1. The van der Waals surface area contributed by atoms with Crippen molar-refractivity contribution in [2.45, 2.75) is 25.8 Å². The highest BCUT2D eigenvalue weighted by Gasteiger charge is 2.14. The van der Waals surface area contributed by atoms with Crippen molar-refractivity contribution in [3.63, 3.8) is 0 Å². The largest absolute Gasteiger partial charge is 0.382 e. The minimum Gasteiger partial charge on any atom is -0.382 e. The summed E-state index contributed by atoms with van der Waals surface area (Å²) in [7, 11) is 5.79. The Balaban J connectivity index is 2.42. The number of likely N-dealkylation sites (N-methyl/N-ethyl adjacent to an activating group) is 1. The SMILES string of the molecule is CCOCCCCNC(=NC)NCC(c1ccc(F)cc1)N(C)C. The third-order valence-corrected chi connectivity index (χ3v) is 3.78. The van der Waals surface area contributed by atoms with Crippen LogP contribution in [0, 0.1) is 5.82 Å². The van der Waals surface area contributed by atoms with Crippen LogP contribution in [0.5, 0.6) is 0 Å². The number of aliphatic imine (C=N–C) groups is 1. The molecule has 0 aromatic heterocycles. The summed E-state index contributed by atoms with van der Waals surface area (Å²) in [5.41, 5.74) is 1.07. The molecule has 2 N–H and O–H groups in total. The fraction of sp³-hybridized carbons (Fsp3) is 0.611. The predicted molar refractivity (Wildman–Crippen MR) is 97.9 cm³/mol. The molecule has 0 spiro atoms. The molecular formula is C18H31FN4O. The van der Waals surface area contributed by atoms with Gasteiger partial charge in [-0.25, -0.2) is 4.39 Å². The lowest BCUT2D eigenvalue weighted by Crippen LogP contribution is -2.42. The molecule has 1 unspecified atom stereocenters. The van der Waals surface area contributed by atoms with E-state index in [1.54, 1.807) is 7.05 Å². The quantitative estimate of drug-likeness (QED) is 0.391. The Morgan fingerprint density at radius 3 is 2.50 bits per heavy atom. The second-order valence-corrected chi connectivity index (χ2v) is 5.81. The molecule has 0 aliphatic carbocycles. The number of rotatable bonds is 10. The van der Waals surface area contributed by atoms with E-state index in [1.165, 1.54) is 12.1 Å². The first-order valence-electron chi connectivity index (χ1n) is 8.52. The van der Waals surface area contributed by atoms with Gasteiger partial charge in [0.05, 0.1) is 6.04 Å². The normalized spacial score (nSPS) is 13.2. The number of halogens is 1. The summed E-state index contributed by atoms with van der Waals surface area (Å²) in [5.74, 6) is 0.564. The van der Waals surface area contributed by atoms with Crippen molar-refractivity contribution in [1.82, 2.24) is 15.5 Å². The van der Waals surface area contributed by atoms with Crippen LogP contribution in [0.3, 0.4) is 0 Å². The number of hydrogen-bond acceptors (Lipinski definition) is 3. The summed E-state index contributed by atoms with van der Waals surface area (Å²) in [6.07, 6.45) is 2.07. The van der Waals surface area contributed by atoms with E-state index < -0.39 is 0 Å². The van der Waals surface area contributed by atoms with E-state index >= 15 is 0 Å². The molecule has 1 aromatic rings. The topological polar surface area (TPSA) is 48.9 Å². The molecule has 24 heavy (non-hydrogen) atoms. The van der Waals surface area contributed by atoms with Crippen molar-refractivity contribution in [3.05, 3.63) is 35.6 Å². The molecule has 5 nitrogen and oxygen atoms in total.